The Bertz CT molecular complexity index is 620. The van der Waals surface area contributed by atoms with Crippen LogP contribution in [0.2, 0.25) is 0 Å². The van der Waals surface area contributed by atoms with E-state index in [4.69, 9.17) is 4.74 Å². The van der Waals surface area contributed by atoms with Gasteiger partial charge in [-0.2, -0.15) is 0 Å². The van der Waals surface area contributed by atoms with Crippen molar-refractivity contribution in [3.05, 3.63) is 29.3 Å². The molecular formula is C19H29ClN2O4. The van der Waals surface area contributed by atoms with Gasteiger partial charge in [0.05, 0.1) is 31.9 Å². The van der Waals surface area contributed by atoms with Crippen molar-refractivity contribution in [2.75, 3.05) is 33.4 Å². The van der Waals surface area contributed by atoms with Crippen molar-refractivity contribution in [2.24, 2.45) is 11.8 Å². The smallest absolute Gasteiger partial charge is 0.255 e. The Morgan fingerprint density at radius 2 is 2.00 bits per heavy atom. The van der Waals surface area contributed by atoms with E-state index in [1.807, 2.05) is 25.1 Å². The molecule has 1 aromatic rings. The maximum atomic E-state index is 12.8. The van der Waals surface area contributed by atoms with Gasteiger partial charge < -0.3 is 20.3 Å². The number of ether oxygens (including phenoxy) is 1. The second-order valence-electron chi connectivity index (χ2n) is 7.26. The average molecular weight is 385 g/mol. The molecule has 1 aliphatic carbocycles. The highest BCUT2D eigenvalue weighted by Crippen LogP contribution is 2.42. The van der Waals surface area contributed by atoms with Gasteiger partial charge in [0.2, 0.25) is 0 Å². The zero-order chi connectivity index (χ0) is 18.0. The number of aryl methyl sites for hydroxylation is 1. The summed E-state index contributed by atoms with van der Waals surface area (Å²) in [5.41, 5.74) is 1.56. The SMILES string of the molecule is COc1ccc(C)cc1C(=O)N[C@H]1CN(C(CO)CO)C[C@@H]1C1CC1.Cl. The van der Waals surface area contributed by atoms with Gasteiger partial charge in [0.15, 0.2) is 0 Å². The van der Waals surface area contributed by atoms with Crippen molar-refractivity contribution < 1.29 is 19.7 Å². The molecule has 7 heteroatoms. The molecule has 3 N–H and O–H groups in total. The van der Waals surface area contributed by atoms with Crippen LogP contribution in [0.4, 0.5) is 0 Å². The first kappa shape index (κ1) is 21.0. The van der Waals surface area contributed by atoms with Gasteiger partial charge in [-0.05, 0) is 43.7 Å². The highest BCUT2D eigenvalue weighted by atomic mass is 35.5. The van der Waals surface area contributed by atoms with Gasteiger partial charge >= 0.3 is 0 Å². The summed E-state index contributed by atoms with van der Waals surface area (Å²) in [6.45, 7) is 3.29. The van der Waals surface area contributed by atoms with Crippen LogP contribution in [0.25, 0.3) is 0 Å². The number of halogens is 1. The van der Waals surface area contributed by atoms with Crippen LogP contribution in [0, 0.1) is 18.8 Å². The largest absolute Gasteiger partial charge is 0.496 e. The van der Waals surface area contributed by atoms with Crippen molar-refractivity contribution in [3.63, 3.8) is 0 Å². The molecule has 1 saturated carbocycles. The number of hydrogen-bond acceptors (Lipinski definition) is 5. The van der Waals surface area contributed by atoms with E-state index in [1.54, 1.807) is 7.11 Å². The summed E-state index contributed by atoms with van der Waals surface area (Å²) >= 11 is 0. The fourth-order valence-electron chi connectivity index (χ4n) is 3.85. The lowest BCUT2D eigenvalue weighted by Gasteiger charge is -2.24. The van der Waals surface area contributed by atoms with E-state index >= 15 is 0 Å². The third-order valence-electron chi connectivity index (χ3n) is 5.47. The Balaban J connectivity index is 0.00000243. The Hall–Kier alpha value is -1.34. The molecule has 1 aliphatic heterocycles. The number of nitrogens with zero attached hydrogens (tertiary/aromatic N) is 1. The predicted molar refractivity (Wildman–Crippen MR) is 102 cm³/mol. The van der Waals surface area contributed by atoms with Gasteiger partial charge in [-0.15, -0.1) is 12.4 Å². The number of likely N-dealkylation sites (tertiary alicyclic amines) is 1. The molecule has 1 amide bonds. The minimum Gasteiger partial charge on any atom is -0.496 e. The lowest BCUT2D eigenvalue weighted by Crippen LogP contribution is -2.43. The molecule has 0 bridgehead atoms. The summed E-state index contributed by atoms with van der Waals surface area (Å²) in [6.07, 6.45) is 2.39. The number of hydrogen-bond donors (Lipinski definition) is 3. The number of amides is 1. The molecule has 3 rings (SSSR count). The summed E-state index contributed by atoms with van der Waals surface area (Å²) in [7, 11) is 1.57. The minimum absolute atomic E-state index is 0. The zero-order valence-electron chi connectivity index (χ0n) is 15.4. The fraction of sp³-hybridized carbons (Fsp3) is 0.632. The molecular weight excluding hydrogens is 356 g/mol. The minimum atomic E-state index is -0.253. The Morgan fingerprint density at radius 3 is 2.58 bits per heavy atom. The van der Waals surface area contributed by atoms with Crippen LogP contribution in [0.15, 0.2) is 18.2 Å². The number of aliphatic hydroxyl groups excluding tert-OH is 2. The molecule has 26 heavy (non-hydrogen) atoms. The molecule has 1 aromatic carbocycles. The molecule has 0 aromatic heterocycles. The van der Waals surface area contributed by atoms with Gasteiger partial charge in [0, 0.05) is 19.1 Å². The molecule has 1 heterocycles. The number of carbonyl (C=O) groups is 1. The van der Waals surface area contributed by atoms with Crippen LogP contribution < -0.4 is 10.1 Å². The highest BCUT2D eigenvalue weighted by molar-refractivity contribution is 5.97. The van der Waals surface area contributed by atoms with Gasteiger partial charge in [-0.25, -0.2) is 0 Å². The first-order chi connectivity index (χ1) is 12.1. The van der Waals surface area contributed by atoms with Crippen LogP contribution >= 0.6 is 12.4 Å². The van der Waals surface area contributed by atoms with E-state index in [9.17, 15) is 15.0 Å². The monoisotopic (exact) mass is 384 g/mol. The third-order valence-corrected chi connectivity index (χ3v) is 5.47. The second kappa shape index (κ2) is 9.04. The van der Waals surface area contributed by atoms with E-state index in [1.165, 1.54) is 12.8 Å². The highest BCUT2D eigenvalue weighted by Gasteiger charge is 2.44. The van der Waals surface area contributed by atoms with Gasteiger partial charge in [-0.1, -0.05) is 11.6 Å². The molecule has 0 spiro atoms. The number of benzene rings is 1. The number of carbonyl (C=O) groups excluding carboxylic acids is 1. The van der Waals surface area contributed by atoms with Crippen molar-refractivity contribution in [3.8, 4) is 5.75 Å². The number of rotatable bonds is 7. The molecule has 2 fully saturated rings. The standard InChI is InChI=1S/C19H28N2O4.ClH/c1-12-3-6-18(25-2)15(7-12)19(24)20-17-9-21(14(10-22)11-23)8-16(17)13-4-5-13;/h3,6-7,13-14,16-17,22-23H,4-5,8-11H2,1-2H3,(H,20,24);1H/t16-,17+;/m1./s1. The van der Waals surface area contributed by atoms with Crippen molar-refractivity contribution >= 4 is 18.3 Å². The molecule has 146 valence electrons. The fourth-order valence-corrected chi connectivity index (χ4v) is 3.85. The Labute approximate surface area is 160 Å². The summed E-state index contributed by atoms with van der Waals surface area (Å²) in [5.74, 6) is 1.46. The van der Waals surface area contributed by atoms with Gasteiger partial charge in [0.1, 0.15) is 5.75 Å². The molecule has 2 aliphatic rings. The summed E-state index contributed by atoms with van der Waals surface area (Å²) in [4.78, 5) is 14.9. The normalized spacial score (nSPS) is 23.0. The lowest BCUT2D eigenvalue weighted by molar-refractivity contribution is 0.0852. The maximum Gasteiger partial charge on any atom is 0.255 e. The van der Waals surface area contributed by atoms with Crippen LogP contribution in [-0.2, 0) is 0 Å². The van der Waals surface area contributed by atoms with E-state index in [0.717, 1.165) is 12.1 Å². The average Bonchev–Trinajstić information content (AvgIpc) is 3.37. The first-order valence-corrected chi connectivity index (χ1v) is 8.98. The molecule has 1 saturated heterocycles. The van der Waals surface area contributed by atoms with Gasteiger partial charge in [0.25, 0.3) is 5.91 Å². The second-order valence-corrected chi connectivity index (χ2v) is 7.26. The molecule has 6 nitrogen and oxygen atoms in total. The number of methoxy groups -OCH3 is 1. The number of nitrogens with one attached hydrogen (secondary N) is 1. The summed E-state index contributed by atoms with van der Waals surface area (Å²) in [6, 6.07) is 5.36. The van der Waals surface area contributed by atoms with Crippen LogP contribution in [-0.4, -0.2) is 66.5 Å². The van der Waals surface area contributed by atoms with Crippen LogP contribution in [0.1, 0.15) is 28.8 Å². The van der Waals surface area contributed by atoms with Crippen molar-refractivity contribution in [2.45, 2.75) is 31.8 Å². The predicted octanol–water partition coefficient (Wildman–Crippen LogP) is 1.22. The van der Waals surface area contributed by atoms with E-state index in [0.29, 0.717) is 29.7 Å². The van der Waals surface area contributed by atoms with Crippen molar-refractivity contribution in [1.29, 1.82) is 0 Å². The third kappa shape index (κ3) is 4.49. The zero-order valence-corrected chi connectivity index (χ0v) is 16.2. The topological polar surface area (TPSA) is 82.0 Å². The quantitative estimate of drug-likeness (QED) is 0.658. The van der Waals surface area contributed by atoms with E-state index < -0.39 is 0 Å². The van der Waals surface area contributed by atoms with Crippen LogP contribution in [0.5, 0.6) is 5.75 Å². The van der Waals surface area contributed by atoms with Gasteiger partial charge in [-0.3, -0.25) is 9.69 Å². The Morgan fingerprint density at radius 1 is 1.31 bits per heavy atom. The maximum absolute atomic E-state index is 12.8. The lowest BCUT2D eigenvalue weighted by atomic mass is 9.97. The molecule has 0 unspecified atom stereocenters. The first-order valence-electron chi connectivity index (χ1n) is 8.98. The van der Waals surface area contributed by atoms with E-state index in [2.05, 4.69) is 10.2 Å². The molecule has 0 radical (unpaired) electrons. The summed E-state index contributed by atoms with van der Waals surface area (Å²) < 4.78 is 5.33. The van der Waals surface area contributed by atoms with Crippen LogP contribution in [0.3, 0.4) is 0 Å². The Kier molecular flexibility index (Phi) is 7.29. The number of aliphatic hydroxyl groups is 2. The van der Waals surface area contributed by atoms with E-state index in [-0.39, 0.29) is 43.6 Å². The summed E-state index contributed by atoms with van der Waals surface area (Å²) in [5, 5.41) is 22.1. The van der Waals surface area contributed by atoms with Crippen molar-refractivity contribution in [1.82, 2.24) is 10.2 Å². The molecule has 2 atom stereocenters.